The summed E-state index contributed by atoms with van der Waals surface area (Å²) in [5, 5.41) is 6.63. The molecule has 2 aliphatic rings. The van der Waals surface area contributed by atoms with Crippen molar-refractivity contribution in [1.29, 1.82) is 0 Å². The highest BCUT2D eigenvalue weighted by Gasteiger charge is 2.20. The Morgan fingerprint density at radius 3 is 2.31 bits per heavy atom. The molecule has 0 bridgehead atoms. The first-order valence-electron chi connectivity index (χ1n) is 13.2. The maximum Gasteiger partial charge on any atom is 0.189 e. The van der Waals surface area contributed by atoms with Crippen LogP contribution in [-0.2, 0) is 0 Å². The SMILES string of the molecule is O=c1cc(C2CCCC2)[nH]c2ccc(-c3ccc4cc(-c5cnc([C@@H]6CCCN6)[nH]5)ccc4c3)cc12. The van der Waals surface area contributed by atoms with Crippen LogP contribution < -0.4 is 10.7 Å². The molecule has 0 spiro atoms. The van der Waals surface area contributed by atoms with Gasteiger partial charge in [0.15, 0.2) is 5.43 Å². The minimum Gasteiger partial charge on any atom is -0.358 e. The fraction of sp³-hybridized carbons (Fsp3) is 0.290. The van der Waals surface area contributed by atoms with Crippen molar-refractivity contribution < 1.29 is 0 Å². The second-order valence-electron chi connectivity index (χ2n) is 10.4. The summed E-state index contributed by atoms with van der Waals surface area (Å²) in [4.78, 5) is 24.7. The van der Waals surface area contributed by atoms with Crippen LogP contribution in [0.1, 0.15) is 62.0 Å². The number of nitrogens with one attached hydrogen (secondary N) is 3. The van der Waals surface area contributed by atoms with Gasteiger partial charge in [-0.1, -0.05) is 43.2 Å². The van der Waals surface area contributed by atoms with E-state index < -0.39 is 0 Å². The van der Waals surface area contributed by atoms with Crippen molar-refractivity contribution in [2.75, 3.05) is 6.54 Å². The van der Waals surface area contributed by atoms with Gasteiger partial charge in [0.2, 0.25) is 0 Å². The summed E-state index contributed by atoms with van der Waals surface area (Å²) < 4.78 is 0. The van der Waals surface area contributed by atoms with Crippen molar-refractivity contribution in [3.05, 3.63) is 88.6 Å². The van der Waals surface area contributed by atoms with E-state index in [4.69, 9.17) is 0 Å². The van der Waals surface area contributed by atoms with Gasteiger partial charge in [-0.25, -0.2) is 4.98 Å². The van der Waals surface area contributed by atoms with Crippen LogP contribution in [0.25, 0.3) is 44.1 Å². The second kappa shape index (κ2) is 8.75. The summed E-state index contributed by atoms with van der Waals surface area (Å²) >= 11 is 0. The molecule has 1 atom stereocenters. The van der Waals surface area contributed by atoms with Crippen LogP contribution in [0.3, 0.4) is 0 Å². The number of rotatable bonds is 4. The Morgan fingerprint density at radius 1 is 0.750 bits per heavy atom. The molecule has 0 amide bonds. The average Bonchev–Trinajstić information content (AvgIpc) is 3.70. The number of fused-ring (bicyclic) bond motifs is 2. The number of hydrogen-bond acceptors (Lipinski definition) is 3. The van der Waals surface area contributed by atoms with Gasteiger partial charge in [0, 0.05) is 28.2 Å². The van der Waals surface area contributed by atoms with E-state index in [1.807, 2.05) is 18.3 Å². The van der Waals surface area contributed by atoms with Gasteiger partial charge >= 0.3 is 0 Å². The Hall–Kier alpha value is -3.70. The van der Waals surface area contributed by atoms with Crippen molar-refractivity contribution >= 4 is 21.7 Å². The highest BCUT2D eigenvalue weighted by molar-refractivity contribution is 5.92. The quantitative estimate of drug-likeness (QED) is 0.268. The molecule has 36 heavy (non-hydrogen) atoms. The lowest BCUT2D eigenvalue weighted by Crippen LogP contribution is -2.14. The zero-order chi connectivity index (χ0) is 24.1. The molecule has 5 nitrogen and oxygen atoms in total. The molecule has 7 rings (SSSR count). The van der Waals surface area contributed by atoms with Crippen LogP contribution in [0.4, 0.5) is 0 Å². The molecule has 1 aliphatic carbocycles. The lowest BCUT2D eigenvalue weighted by atomic mass is 9.97. The van der Waals surface area contributed by atoms with Gasteiger partial charge in [-0.3, -0.25) is 4.79 Å². The molecule has 0 radical (unpaired) electrons. The van der Waals surface area contributed by atoms with Gasteiger partial charge in [-0.05, 0) is 84.3 Å². The number of aromatic nitrogens is 3. The zero-order valence-electron chi connectivity index (χ0n) is 20.3. The third-order valence-corrected chi connectivity index (χ3v) is 8.12. The third-order valence-electron chi connectivity index (χ3n) is 8.12. The van der Waals surface area contributed by atoms with Crippen molar-refractivity contribution in [3.63, 3.8) is 0 Å². The number of pyridine rings is 1. The zero-order valence-corrected chi connectivity index (χ0v) is 20.3. The van der Waals surface area contributed by atoms with Crippen molar-refractivity contribution in [2.24, 2.45) is 0 Å². The first kappa shape index (κ1) is 21.6. The van der Waals surface area contributed by atoms with Crippen LogP contribution in [0.5, 0.6) is 0 Å². The first-order chi connectivity index (χ1) is 17.7. The molecule has 2 aromatic heterocycles. The van der Waals surface area contributed by atoms with Gasteiger partial charge < -0.3 is 15.3 Å². The Kier molecular flexibility index (Phi) is 5.24. The number of aromatic amines is 2. The molecule has 180 valence electrons. The summed E-state index contributed by atoms with van der Waals surface area (Å²) in [5.41, 5.74) is 6.53. The van der Waals surface area contributed by atoms with Gasteiger partial charge in [-0.15, -0.1) is 0 Å². The maximum absolute atomic E-state index is 13.0. The summed E-state index contributed by atoms with van der Waals surface area (Å²) in [6.45, 7) is 1.06. The number of benzene rings is 3. The van der Waals surface area contributed by atoms with Crippen molar-refractivity contribution in [1.82, 2.24) is 20.3 Å². The predicted molar refractivity (Wildman–Crippen MR) is 146 cm³/mol. The van der Waals surface area contributed by atoms with Gasteiger partial charge in [0.05, 0.1) is 17.9 Å². The van der Waals surface area contributed by atoms with Gasteiger partial charge in [-0.2, -0.15) is 0 Å². The second-order valence-corrected chi connectivity index (χ2v) is 10.4. The van der Waals surface area contributed by atoms with E-state index in [9.17, 15) is 4.79 Å². The summed E-state index contributed by atoms with van der Waals surface area (Å²) in [6, 6.07) is 21.4. The standard InChI is InChI=1S/C31H30N4O/c36-30-17-28(19-4-1-2-5-19)34-26-12-11-23(16-25(26)30)21-7-8-22-15-24(10-9-20(22)14-21)29-18-33-31(35-29)27-6-3-13-32-27/h7-12,14-19,27,32H,1-6,13H2,(H,33,35)(H,34,36)/t27-/m0/s1. The largest absolute Gasteiger partial charge is 0.358 e. The van der Waals surface area contributed by atoms with Gasteiger partial charge in [0.1, 0.15) is 5.82 Å². The Bertz CT molecular complexity index is 1630. The third kappa shape index (κ3) is 3.84. The van der Waals surface area contributed by atoms with Crippen LogP contribution in [-0.4, -0.2) is 21.5 Å². The molecule has 1 aliphatic heterocycles. The molecule has 3 N–H and O–H groups in total. The van der Waals surface area contributed by atoms with E-state index >= 15 is 0 Å². The lowest BCUT2D eigenvalue weighted by molar-refractivity contribution is 0.613. The van der Waals surface area contributed by atoms with E-state index in [-0.39, 0.29) is 5.43 Å². The Morgan fingerprint density at radius 2 is 1.50 bits per heavy atom. The van der Waals surface area contributed by atoms with Crippen LogP contribution in [0.15, 0.2) is 71.7 Å². The summed E-state index contributed by atoms with van der Waals surface area (Å²) in [6.07, 6.45) is 9.15. The molecule has 2 fully saturated rings. The predicted octanol–water partition coefficient (Wildman–Crippen LogP) is 6.82. The topological polar surface area (TPSA) is 73.6 Å². The minimum atomic E-state index is 0.115. The average molecular weight is 475 g/mol. The molecule has 5 aromatic rings. The smallest absolute Gasteiger partial charge is 0.189 e. The molecule has 1 saturated heterocycles. The maximum atomic E-state index is 13.0. The molecular weight excluding hydrogens is 444 g/mol. The molecule has 1 saturated carbocycles. The number of nitrogens with zero attached hydrogens (tertiary/aromatic N) is 1. The molecular formula is C31H30N4O. The van der Waals surface area contributed by atoms with Crippen LogP contribution in [0.2, 0.25) is 0 Å². The number of imidazole rings is 1. The highest BCUT2D eigenvalue weighted by atomic mass is 16.1. The van der Waals surface area contributed by atoms with Gasteiger partial charge in [0.25, 0.3) is 0 Å². The monoisotopic (exact) mass is 474 g/mol. The minimum absolute atomic E-state index is 0.115. The molecule has 0 unspecified atom stereocenters. The Labute approximate surface area is 210 Å². The first-order valence-corrected chi connectivity index (χ1v) is 13.2. The molecule has 3 aromatic carbocycles. The fourth-order valence-electron chi connectivity index (χ4n) is 6.08. The molecule has 3 heterocycles. The van der Waals surface area contributed by atoms with E-state index in [1.165, 1.54) is 42.9 Å². The van der Waals surface area contributed by atoms with E-state index in [0.29, 0.717) is 12.0 Å². The number of H-pyrrole nitrogens is 2. The highest BCUT2D eigenvalue weighted by Crippen LogP contribution is 2.34. The molecule has 5 heteroatoms. The van der Waals surface area contributed by atoms with E-state index in [0.717, 1.165) is 57.8 Å². The number of hydrogen-bond donors (Lipinski definition) is 3. The summed E-state index contributed by atoms with van der Waals surface area (Å²) in [5.74, 6) is 1.53. The normalized spacial score (nSPS) is 18.5. The van der Waals surface area contributed by atoms with E-state index in [2.05, 4.69) is 68.8 Å². The Balaban J connectivity index is 1.20. The summed E-state index contributed by atoms with van der Waals surface area (Å²) in [7, 11) is 0. The van der Waals surface area contributed by atoms with E-state index in [1.54, 1.807) is 0 Å². The fourth-order valence-corrected chi connectivity index (χ4v) is 6.08. The van der Waals surface area contributed by atoms with Crippen LogP contribution in [0, 0.1) is 0 Å². The van der Waals surface area contributed by atoms with Crippen LogP contribution >= 0.6 is 0 Å². The lowest BCUT2D eigenvalue weighted by Gasteiger charge is -2.12. The van der Waals surface area contributed by atoms with Crippen molar-refractivity contribution in [3.8, 4) is 22.4 Å². The van der Waals surface area contributed by atoms with Crippen molar-refractivity contribution in [2.45, 2.75) is 50.5 Å².